The number of aryl methyl sites for hydroxylation is 2. The summed E-state index contributed by atoms with van der Waals surface area (Å²) in [5.74, 6) is 0. The zero-order valence-electron chi connectivity index (χ0n) is 17.6. The number of benzene rings is 2. The van der Waals surface area contributed by atoms with E-state index in [2.05, 4.69) is 63.3 Å². The SMILES string of the molecule is CCc1c(C)sc2c1CCN(C(=O)Nc1cccc(C)c1C)C2c1ccccc1. The highest BCUT2D eigenvalue weighted by Crippen LogP contribution is 2.43. The molecule has 1 atom stereocenters. The number of amides is 2. The number of thiophene rings is 1. The van der Waals surface area contributed by atoms with Gasteiger partial charge in [-0.05, 0) is 67.5 Å². The summed E-state index contributed by atoms with van der Waals surface area (Å²) in [6, 6.07) is 16.4. The first kappa shape index (κ1) is 19.7. The van der Waals surface area contributed by atoms with E-state index in [0.717, 1.165) is 30.6 Å². The lowest BCUT2D eigenvalue weighted by molar-refractivity contribution is 0.195. The molecule has 1 unspecified atom stereocenters. The minimum Gasteiger partial charge on any atom is -0.312 e. The molecule has 1 aliphatic rings. The number of urea groups is 1. The average Bonchev–Trinajstić information content (AvgIpc) is 3.06. The molecule has 0 aliphatic carbocycles. The molecule has 1 aromatic heterocycles. The number of carbonyl (C=O) groups is 1. The number of hydrogen-bond donors (Lipinski definition) is 1. The van der Waals surface area contributed by atoms with Crippen LogP contribution < -0.4 is 5.32 Å². The summed E-state index contributed by atoms with van der Waals surface area (Å²) in [7, 11) is 0. The molecule has 2 amide bonds. The molecule has 0 saturated carbocycles. The maximum Gasteiger partial charge on any atom is 0.322 e. The van der Waals surface area contributed by atoms with E-state index in [9.17, 15) is 4.79 Å². The Kier molecular flexibility index (Phi) is 5.46. The van der Waals surface area contributed by atoms with E-state index >= 15 is 0 Å². The van der Waals surface area contributed by atoms with E-state index in [1.165, 1.54) is 32.0 Å². The van der Waals surface area contributed by atoms with Crippen molar-refractivity contribution in [1.82, 2.24) is 4.90 Å². The molecular weight excluding hydrogens is 376 g/mol. The van der Waals surface area contributed by atoms with Gasteiger partial charge < -0.3 is 10.2 Å². The summed E-state index contributed by atoms with van der Waals surface area (Å²) >= 11 is 1.86. The lowest BCUT2D eigenvalue weighted by atomic mass is 9.92. The normalized spacial score (nSPS) is 15.9. The minimum atomic E-state index is -0.0333. The van der Waals surface area contributed by atoms with Crippen LogP contribution in [0.15, 0.2) is 48.5 Å². The van der Waals surface area contributed by atoms with Crippen LogP contribution in [0.3, 0.4) is 0 Å². The third-order valence-electron chi connectivity index (χ3n) is 6.09. The van der Waals surface area contributed by atoms with Crippen molar-refractivity contribution in [2.75, 3.05) is 11.9 Å². The number of nitrogens with one attached hydrogen (secondary N) is 1. The molecule has 3 nitrogen and oxygen atoms in total. The first-order valence-electron chi connectivity index (χ1n) is 10.3. The van der Waals surface area contributed by atoms with Gasteiger partial charge in [-0.15, -0.1) is 11.3 Å². The quantitative estimate of drug-likeness (QED) is 0.537. The first-order chi connectivity index (χ1) is 14.0. The second-order valence-corrected chi connectivity index (χ2v) is 9.02. The Labute approximate surface area is 177 Å². The van der Waals surface area contributed by atoms with Crippen LogP contribution in [0.4, 0.5) is 10.5 Å². The summed E-state index contributed by atoms with van der Waals surface area (Å²) in [6.45, 7) is 9.30. The molecule has 29 heavy (non-hydrogen) atoms. The first-order valence-corrected chi connectivity index (χ1v) is 11.1. The van der Waals surface area contributed by atoms with Gasteiger partial charge in [0.2, 0.25) is 0 Å². The molecule has 2 aromatic carbocycles. The molecule has 1 N–H and O–H groups in total. The highest BCUT2D eigenvalue weighted by molar-refractivity contribution is 7.12. The third kappa shape index (κ3) is 3.58. The van der Waals surface area contributed by atoms with Crippen LogP contribution in [0.2, 0.25) is 0 Å². The van der Waals surface area contributed by atoms with Gasteiger partial charge in [-0.1, -0.05) is 49.4 Å². The van der Waals surface area contributed by atoms with Crippen molar-refractivity contribution < 1.29 is 4.79 Å². The largest absolute Gasteiger partial charge is 0.322 e. The maximum atomic E-state index is 13.4. The Bertz CT molecular complexity index is 1040. The van der Waals surface area contributed by atoms with E-state index in [0.29, 0.717) is 0 Å². The van der Waals surface area contributed by atoms with Crippen molar-refractivity contribution in [2.45, 2.75) is 46.6 Å². The maximum absolute atomic E-state index is 13.4. The predicted octanol–water partition coefficient (Wildman–Crippen LogP) is 6.42. The summed E-state index contributed by atoms with van der Waals surface area (Å²) in [6.07, 6.45) is 1.97. The number of rotatable bonds is 3. The van der Waals surface area contributed by atoms with E-state index in [-0.39, 0.29) is 12.1 Å². The van der Waals surface area contributed by atoms with Gasteiger partial charge >= 0.3 is 6.03 Å². The van der Waals surface area contributed by atoms with Gasteiger partial charge in [0.15, 0.2) is 0 Å². The summed E-state index contributed by atoms with van der Waals surface area (Å²) in [4.78, 5) is 18.1. The van der Waals surface area contributed by atoms with Gasteiger partial charge in [0.05, 0.1) is 6.04 Å². The van der Waals surface area contributed by atoms with Crippen molar-refractivity contribution >= 4 is 23.1 Å². The summed E-state index contributed by atoms with van der Waals surface area (Å²) < 4.78 is 0. The standard InChI is InChI=1S/C25H28N2OS/c1-5-20-18(4)29-24-21(20)14-15-27(23(24)19-11-7-6-8-12-19)25(28)26-22-13-9-10-16(2)17(22)3/h6-13,23H,5,14-15H2,1-4H3,(H,26,28). The summed E-state index contributed by atoms with van der Waals surface area (Å²) in [5, 5.41) is 3.18. The molecular formula is C25H28N2OS. The van der Waals surface area contributed by atoms with Gasteiger partial charge in [0, 0.05) is 22.0 Å². The highest BCUT2D eigenvalue weighted by Gasteiger charge is 2.35. The molecule has 0 bridgehead atoms. The number of fused-ring (bicyclic) bond motifs is 1. The van der Waals surface area contributed by atoms with E-state index < -0.39 is 0 Å². The zero-order valence-corrected chi connectivity index (χ0v) is 18.4. The molecule has 0 saturated heterocycles. The van der Waals surface area contributed by atoms with Crippen molar-refractivity contribution in [3.63, 3.8) is 0 Å². The van der Waals surface area contributed by atoms with Crippen LogP contribution >= 0.6 is 11.3 Å². The van der Waals surface area contributed by atoms with Crippen LogP contribution in [0.1, 0.15) is 50.5 Å². The number of nitrogens with zero attached hydrogens (tertiary/aromatic N) is 1. The van der Waals surface area contributed by atoms with Crippen LogP contribution in [-0.2, 0) is 12.8 Å². The summed E-state index contributed by atoms with van der Waals surface area (Å²) in [5.41, 5.74) is 7.30. The topological polar surface area (TPSA) is 32.3 Å². The van der Waals surface area contributed by atoms with Gasteiger partial charge in [0.25, 0.3) is 0 Å². The van der Waals surface area contributed by atoms with E-state index in [4.69, 9.17) is 0 Å². The Morgan fingerprint density at radius 1 is 1.10 bits per heavy atom. The van der Waals surface area contributed by atoms with Crippen LogP contribution in [0.5, 0.6) is 0 Å². The fourth-order valence-corrected chi connectivity index (χ4v) is 5.81. The molecule has 2 heterocycles. The van der Waals surface area contributed by atoms with Gasteiger partial charge in [-0.3, -0.25) is 0 Å². The number of anilines is 1. The molecule has 3 aromatic rings. The molecule has 0 radical (unpaired) electrons. The minimum absolute atomic E-state index is 0.0256. The van der Waals surface area contributed by atoms with Gasteiger partial charge in [-0.2, -0.15) is 0 Å². The number of hydrogen-bond acceptors (Lipinski definition) is 2. The Balaban J connectivity index is 1.74. The lowest BCUT2D eigenvalue weighted by Gasteiger charge is -2.36. The molecule has 0 spiro atoms. The van der Waals surface area contributed by atoms with E-state index in [1.54, 1.807) is 0 Å². The molecule has 1 aliphatic heterocycles. The van der Waals surface area contributed by atoms with Crippen molar-refractivity contribution in [3.05, 3.63) is 86.1 Å². The van der Waals surface area contributed by atoms with Gasteiger partial charge in [-0.25, -0.2) is 4.79 Å². The lowest BCUT2D eigenvalue weighted by Crippen LogP contribution is -2.42. The number of carbonyl (C=O) groups excluding carboxylic acids is 1. The van der Waals surface area contributed by atoms with Crippen LogP contribution in [-0.4, -0.2) is 17.5 Å². The Morgan fingerprint density at radius 2 is 1.86 bits per heavy atom. The third-order valence-corrected chi connectivity index (χ3v) is 7.33. The molecule has 4 heteroatoms. The van der Waals surface area contributed by atoms with Crippen molar-refractivity contribution in [2.24, 2.45) is 0 Å². The fourth-order valence-electron chi connectivity index (χ4n) is 4.37. The second kappa shape index (κ2) is 8.03. The van der Waals surface area contributed by atoms with Crippen LogP contribution in [0.25, 0.3) is 0 Å². The zero-order chi connectivity index (χ0) is 20.5. The second-order valence-electron chi connectivity index (χ2n) is 7.77. The van der Waals surface area contributed by atoms with Crippen LogP contribution in [0, 0.1) is 20.8 Å². The monoisotopic (exact) mass is 404 g/mol. The Hall–Kier alpha value is -2.59. The predicted molar refractivity (Wildman–Crippen MR) is 122 cm³/mol. The average molecular weight is 405 g/mol. The highest BCUT2D eigenvalue weighted by atomic mass is 32.1. The molecule has 0 fully saturated rings. The molecule has 150 valence electrons. The van der Waals surface area contributed by atoms with Crippen molar-refractivity contribution in [3.8, 4) is 0 Å². The smallest absolute Gasteiger partial charge is 0.312 e. The van der Waals surface area contributed by atoms with Crippen molar-refractivity contribution in [1.29, 1.82) is 0 Å². The molecule has 4 rings (SSSR count). The van der Waals surface area contributed by atoms with E-state index in [1.807, 2.05) is 34.4 Å². The van der Waals surface area contributed by atoms with Gasteiger partial charge in [0.1, 0.15) is 0 Å². The Morgan fingerprint density at radius 3 is 2.59 bits per heavy atom. The fraction of sp³-hybridized carbons (Fsp3) is 0.320.